The van der Waals surface area contributed by atoms with Crippen molar-refractivity contribution in [3.8, 4) is 5.75 Å². The smallest absolute Gasteiger partial charge is 0.115 e. The lowest BCUT2D eigenvalue weighted by Gasteiger charge is -2.13. The van der Waals surface area contributed by atoms with Crippen LogP contribution in [0.2, 0.25) is 0 Å². The van der Waals surface area contributed by atoms with Gasteiger partial charge in [0, 0.05) is 13.2 Å². The molecule has 0 fully saturated rings. The number of benzene rings is 1. The number of rotatable bonds is 7. The summed E-state index contributed by atoms with van der Waals surface area (Å²) in [7, 11) is 1.64. The van der Waals surface area contributed by atoms with Gasteiger partial charge in [0.15, 0.2) is 0 Å². The Morgan fingerprint density at radius 1 is 1.25 bits per heavy atom. The molecule has 0 radical (unpaired) electrons. The van der Waals surface area contributed by atoms with E-state index in [9.17, 15) is 0 Å². The zero-order valence-corrected chi connectivity index (χ0v) is 9.77. The third-order valence-electron chi connectivity index (χ3n) is 2.15. The van der Waals surface area contributed by atoms with Gasteiger partial charge in [0.25, 0.3) is 0 Å². The highest BCUT2D eigenvalue weighted by molar-refractivity contribution is 5.26. The molecule has 0 saturated carbocycles. The van der Waals surface area contributed by atoms with Gasteiger partial charge in [-0.1, -0.05) is 12.1 Å². The Morgan fingerprint density at radius 3 is 2.56 bits per heavy atom. The molecule has 4 heteroatoms. The summed E-state index contributed by atoms with van der Waals surface area (Å²) in [5, 5.41) is 9.14. The van der Waals surface area contributed by atoms with Crippen molar-refractivity contribution in [3.05, 3.63) is 29.8 Å². The maximum atomic E-state index is 9.14. The second kappa shape index (κ2) is 7.22. The first kappa shape index (κ1) is 13.0. The van der Waals surface area contributed by atoms with Gasteiger partial charge in [-0.15, -0.1) is 0 Å². The monoisotopic (exact) mass is 225 g/mol. The van der Waals surface area contributed by atoms with Gasteiger partial charge in [0.1, 0.15) is 5.75 Å². The Labute approximate surface area is 96.1 Å². The van der Waals surface area contributed by atoms with Crippen molar-refractivity contribution in [1.82, 2.24) is 5.48 Å². The first-order valence-corrected chi connectivity index (χ1v) is 5.36. The molecule has 0 aliphatic heterocycles. The average Bonchev–Trinajstić information content (AvgIpc) is 2.28. The third kappa shape index (κ3) is 5.11. The lowest BCUT2D eigenvalue weighted by molar-refractivity contribution is -0.00863. The summed E-state index contributed by atoms with van der Waals surface area (Å²) >= 11 is 0. The Bertz CT molecular complexity index is 287. The molecule has 0 saturated heterocycles. The second-order valence-electron chi connectivity index (χ2n) is 3.73. The maximum Gasteiger partial charge on any atom is 0.115 e. The van der Waals surface area contributed by atoms with Crippen molar-refractivity contribution >= 4 is 0 Å². The molecular weight excluding hydrogens is 206 g/mol. The van der Waals surface area contributed by atoms with E-state index in [1.54, 1.807) is 19.2 Å². The van der Waals surface area contributed by atoms with Gasteiger partial charge in [0.2, 0.25) is 0 Å². The summed E-state index contributed by atoms with van der Waals surface area (Å²) in [6.45, 7) is 3.16. The number of ether oxygens (including phenoxy) is 1. The van der Waals surface area contributed by atoms with E-state index in [0.717, 1.165) is 12.0 Å². The molecular formula is C12H19NO3. The maximum absolute atomic E-state index is 9.14. The summed E-state index contributed by atoms with van der Waals surface area (Å²) in [6, 6.07) is 7.41. The Hall–Kier alpha value is -1.10. The minimum Gasteiger partial charge on any atom is -0.508 e. The highest BCUT2D eigenvalue weighted by atomic mass is 16.7. The molecule has 1 aromatic rings. The molecule has 1 unspecified atom stereocenters. The predicted octanol–water partition coefficient (Wildman–Crippen LogP) is 1.49. The van der Waals surface area contributed by atoms with Crippen LogP contribution in [-0.4, -0.2) is 31.5 Å². The van der Waals surface area contributed by atoms with Crippen molar-refractivity contribution in [2.24, 2.45) is 0 Å². The first-order chi connectivity index (χ1) is 7.72. The van der Waals surface area contributed by atoms with Gasteiger partial charge in [0.05, 0.1) is 13.2 Å². The summed E-state index contributed by atoms with van der Waals surface area (Å²) in [4.78, 5) is 5.21. The number of hydroxylamine groups is 1. The fraction of sp³-hybridized carbons (Fsp3) is 0.500. The van der Waals surface area contributed by atoms with E-state index < -0.39 is 0 Å². The fourth-order valence-corrected chi connectivity index (χ4v) is 1.35. The zero-order chi connectivity index (χ0) is 11.8. The lowest BCUT2D eigenvalue weighted by Crippen LogP contribution is -2.29. The number of phenolic OH excluding ortho intramolecular Hbond substituents is 1. The fourth-order valence-electron chi connectivity index (χ4n) is 1.35. The number of aromatic hydroxyl groups is 1. The predicted molar refractivity (Wildman–Crippen MR) is 62.2 cm³/mol. The highest BCUT2D eigenvalue weighted by Gasteiger charge is 2.03. The Kier molecular flexibility index (Phi) is 5.85. The molecule has 1 rings (SSSR count). The molecule has 0 aliphatic rings. The van der Waals surface area contributed by atoms with Gasteiger partial charge in [-0.05, 0) is 31.0 Å². The van der Waals surface area contributed by atoms with Crippen molar-refractivity contribution in [1.29, 1.82) is 0 Å². The zero-order valence-electron chi connectivity index (χ0n) is 9.77. The third-order valence-corrected chi connectivity index (χ3v) is 2.15. The molecule has 0 amide bonds. The topological polar surface area (TPSA) is 50.7 Å². The lowest BCUT2D eigenvalue weighted by atomic mass is 10.1. The van der Waals surface area contributed by atoms with E-state index in [2.05, 4.69) is 5.48 Å². The van der Waals surface area contributed by atoms with E-state index in [1.807, 2.05) is 19.1 Å². The summed E-state index contributed by atoms with van der Waals surface area (Å²) in [5.41, 5.74) is 4.10. The SMILES string of the molecule is COCCONC(C)Cc1ccc(O)cc1. The summed E-state index contributed by atoms with van der Waals surface area (Å²) < 4.78 is 4.86. The van der Waals surface area contributed by atoms with Crippen LogP contribution in [0.15, 0.2) is 24.3 Å². The van der Waals surface area contributed by atoms with Gasteiger partial charge in [-0.25, -0.2) is 0 Å². The van der Waals surface area contributed by atoms with E-state index in [4.69, 9.17) is 14.7 Å². The van der Waals surface area contributed by atoms with E-state index in [0.29, 0.717) is 19.0 Å². The molecule has 1 aromatic carbocycles. The van der Waals surface area contributed by atoms with Crippen LogP contribution < -0.4 is 5.48 Å². The van der Waals surface area contributed by atoms with Crippen molar-refractivity contribution in [2.45, 2.75) is 19.4 Å². The van der Waals surface area contributed by atoms with Crippen LogP contribution in [0.5, 0.6) is 5.75 Å². The molecule has 0 heterocycles. The number of phenols is 1. The van der Waals surface area contributed by atoms with Crippen LogP contribution in [0, 0.1) is 0 Å². The molecule has 0 spiro atoms. The molecule has 1 atom stereocenters. The largest absolute Gasteiger partial charge is 0.508 e. The first-order valence-electron chi connectivity index (χ1n) is 5.36. The van der Waals surface area contributed by atoms with E-state index in [1.165, 1.54) is 0 Å². The minimum atomic E-state index is 0.224. The molecule has 0 aromatic heterocycles. The standard InChI is InChI=1S/C12H19NO3/c1-10(13-16-8-7-15-2)9-11-3-5-12(14)6-4-11/h3-6,10,13-14H,7-9H2,1-2H3. The molecule has 4 nitrogen and oxygen atoms in total. The van der Waals surface area contributed by atoms with Crippen LogP contribution in [0.3, 0.4) is 0 Å². The highest BCUT2D eigenvalue weighted by Crippen LogP contribution is 2.11. The quantitative estimate of drug-likeness (QED) is 0.545. The van der Waals surface area contributed by atoms with Gasteiger partial charge in [-0.3, -0.25) is 4.84 Å². The molecule has 16 heavy (non-hydrogen) atoms. The number of nitrogens with one attached hydrogen (secondary N) is 1. The number of hydrogen-bond acceptors (Lipinski definition) is 4. The van der Waals surface area contributed by atoms with E-state index in [-0.39, 0.29) is 6.04 Å². The molecule has 2 N–H and O–H groups in total. The number of methoxy groups -OCH3 is 1. The number of hydrogen-bond donors (Lipinski definition) is 2. The Balaban J connectivity index is 2.23. The van der Waals surface area contributed by atoms with E-state index >= 15 is 0 Å². The average molecular weight is 225 g/mol. The van der Waals surface area contributed by atoms with Crippen molar-refractivity contribution in [2.75, 3.05) is 20.3 Å². The van der Waals surface area contributed by atoms with Crippen LogP contribution in [0.1, 0.15) is 12.5 Å². The van der Waals surface area contributed by atoms with Gasteiger partial charge in [-0.2, -0.15) is 5.48 Å². The second-order valence-corrected chi connectivity index (χ2v) is 3.73. The summed E-state index contributed by atoms with van der Waals surface area (Å²) in [5.74, 6) is 0.292. The van der Waals surface area contributed by atoms with Gasteiger partial charge >= 0.3 is 0 Å². The molecule has 90 valence electrons. The van der Waals surface area contributed by atoms with Crippen LogP contribution in [0.25, 0.3) is 0 Å². The normalized spacial score (nSPS) is 12.6. The Morgan fingerprint density at radius 2 is 1.94 bits per heavy atom. The molecule has 0 aliphatic carbocycles. The van der Waals surface area contributed by atoms with Crippen molar-refractivity contribution < 1.29 is 14.7 Å². The summed E-state index contributed by atoms with van der Waals surface area (Å²) in [6.07, 6.45) is 0.854. The van der Waals surface area contributed by atoms with Crippen LogP contribution >= 0.6 is 0 Å². The molecule has 0 bridgehead atoms. The van der Waals surface area contributed by atoms with Gasteiger partial charge < -0.3 is 9.84 Å². The van der Waals surface area contributed by atoms with Crippen LogP contribution in [0.4, 0.5) is 0 Å². The van der Waals surface area contributed by atoms with Crippen LogP contribution in [-0.2, 0) is 16.0 Å². The minimum absolute atomic E-state index is 0.224. The van der Waals surface area contributed by atoms with Crippen molar-refractivity contribution in [3.63, 3.8) is 0 Å².